The van der Waals surface area contributed by atoms with E-state index in [9.17, 15) is 0 Å². The molecule has 0 bridgehead atoms. The second kappa shape index (κ2) is 5.19. The van der Waals surface area contributed by atoms with Gasteiger partial charge in [-0.25, -0.2) is 0 Å². The fourth-order valence-corrected chi connectivity index (χ4v) is 1.75. The number of nitrogens with zero attached hydrogens (tertiary/aromatic N) is 2. The predicted molar refractivity (Wildman–Crippen MR) is 76.0 cm³/mol. The van der Waals surface area contributed by atoms with Crippen LogP contribution in [0.1, 0.15) is 11.1 Å². The van der Waals surface area contributed by atoms with Crippen molar-refractivity contribution in [3.05, 3.63) is 52.5 Å². The summed E-state index contributed by atoms with van der Waals surface area (Å²) in [7, 11) is 0. The zero-order valence-corrected chi connectivity index (χ0v) is 11.1. The average Bonchev–Trinajstić information content (AvgIpc) is 2.34. The SMILES string of the molecule is Cc1cc(N=Nc2ccccc2C)c(Cl)cc1N. The topological polar surface area (TPSA) is 50.7 Å². The Kier molecular flexibility index (Phi) is 3.63. The van der Waals surface area contributed by atoms with E-state index < -0.39 is 0 Å². The third-order valence-corrected chi connectivity index (χ3v) is 3.02. The Balaban J connectivity index is 2.35. The zero-order valence-electron chi connectivity index (χ0n) is 10.3. The van der Waals surface area contributed by atoms with Gasteiger partial charge in [0.25, 0.3) is 0 Å². The maximum absolute atomic E-state index is 6.07. The van der Waals surface area contributed by atoms with E-state index in [0.29, 0.717) is 16.4 Å². The zero-order chi connectivity index (χ0) is 13.1. The number of anilines is 1. The van der Waals surface area contributed by atoms with Crippen molar-refractivity contribution in [2.45, 2.75) is 13.8 Å². The van der Waals surface area contributed by atoms with Gasteiger partial charge in [-0.3, -0.25) is 0 Å². The lowest BCUT2D eigenvalue weighted by molar-refractivity contribution is 1.20. The number of benzene rings is 2. The summed E-state index contributed by atoms with van der Waals surface area (Å²) in [6, 6.07) is 11.3. The number of aryl methyl sites for hydroxylation is 2. The lowest BCUT2D eigenvalue weighted by atomic mass is 10.2. The summed E-state index contributed by atoms with van der Waals surface area (Å²) in [4.78, 5) is 0. The van der Waals surface area contributed by atoms with Gasteiger partial charge in [0.2, 0.25) is 0 Å². The molecule has 0 aliphatic heterocycles. The summed E-state index contributed by atoms with van der Waals surface area (Å²) >= 11 is 6.07. The summed E-state index contributed by atoms with van der Waals surface area (Å²) in [6.07, 6.45) is 0. The number of halogens is 1. The normalized spacial score (nSPS) is 11.1. The quantitative estimate of drug-likeness (QED) is 0.602. The molecule has 2 N–H and O–H groups in total. The Labute approximate surface area is 111 Å². The van der Waals surface area contributed by atoms with E-state index >= 15 is 0 Å². The first-order valence-corrected chi connectivity index (χ1v) is 5.98. The van der Waals surface area contributed by atoms with E-state index in [1.807, 2.05) is 44.2 Å². The minimum Gasteiger partial charge on any atom is -0.398 e. The molecule has 3 nitrogen and oxygen atoms in total. The number of hydrogen-bond acceptors (Lipinski definition) is 3. The van der Waals surface area contributed by atoms with Crippen LogP contribution in [0.3, 0.4) is 0 Å². The minimum absolute atomic E-state index is 0.510. The largest absolute Gasteiger partial charge is 0.398 e. The summed E-state index contributed by atoms with van der Waals surface area (Å²) in [5, 5.41) is 8.89. The highest BCUT2D eigenvalue weighted by molar-refractivity contribution is 6.33. The molecule has 0 unspecified atom stereocenters. The number of azo groups is 1. The van der Waals surface area contributed by atoms with Gasteiger partial charge in [0.05, 0.1) is 10.7 Å². The molecule has 92 valence electrons. The van der Waals surface area contributed by atoms with Gasteiger partial charge < -0.3 is 5.73 Å². The molecule has 2 rings (SSSR count). The molecule has 0 aliphatic rings. The molecule has 2 aromatic carbocycles. The highest BCUT2D eigenvalue weighted by Crippen LogP contribution is 2.31. The van der Waals surface area contributed by atoms with Crippen LogP contribution < -0.4 is 5.73 Å². The summed E-state index contributed by atoms with van der Waals surface area (Å²) < 4.78 is 0. The van der Waals surface area contributed by atoms with E-state index in [1.54, 1.807) is 6.07 Å². The van der Waals surface area contributed by atoms with Crippen LogP contribution in [-0.2, 0) is 0 Å². The molecular formula is C14H14ClN3. The van der Waals surface area contributed by atoms with Crippen LogP contribution in [-0.4, -0.2) is 0 Å². The van der Waals surface area contributed by atoms with Gasteiger partial charge in [0, 0.05) is 5.69 Å². The Bertz CT molecular complexity index is 606. The first-order chi connectivity index (χ1) is 8.58. The minimum atomic E-state index is 0.510. The monoisotopic (exact) mass is 259 g/mol. The molecule has 0 atom stereocenters. The van der Waals surface area contributed by atoms with Gasteiger partial charge in [0.1, 0.15) is 5.69 Å². The van der Waals surface area contributed by atoms with E-state index in [0.717, 1.165) is 16.8 Å². The Hall–Kier alpha value is -1.87. The van der Waals surface area contributed by atoms with Crippen molar-refractivity contribution in [3.63, 3.8) is 0 Å². The lowest BCUT2D eigenvalue weighted by Crippen LogP contribution is -1.88. The Morgan fingerprint density at radius 3 is 2.33 bits per heavy atom. The van der Waals surface area contributed by atoms with Gasteiger partial charge in [0.15, 0.2) is 0 Å². The van der Waals surface area contributed by atoms with E-state index in [4.69, 9.17) is 17.3 Å². The molecule has 0 aromatic heterocycles. The van der Waals surface area contributed by atoms with Crippen LogP contribution in [0, 0.1) is 13.8 Å². The maximum Gasteiger partial charge on any atom is 0.105 e. The first kappa shape index (κ1) is 12.6. The van der Waals surface area contributed by atoms with E-state index in [-0.39, 0.29) is 0 Å². The third kappa shape index (κ3) is 2.68. The molecule has 0 saturated heterocycles. The van der Waals surface area contributed by atoms with Crippen LogP contribution in [0.25, 0.3) is 0 Å². The van der Waals surface area contributed by atoms with Crippen LogP contribution in [0.4, 0.5) is 17.1 Å². The molecule has 0 amide bonds. The second-order valence-corrected chi connectivity index (χ2v) is 4.55. The van der Waals surface area contributed by atoms with Crippen molar-refractivity contribution >= 4 is 28.7 Å². The van der Waals surface area contributed by atoms with E-state index in [2.05, 4.69) is 10.2 Å². The van der Waals surface area contributed by atoms with Crippen molar-refractivity contribution in [1.29, 1.82) is 0 Å². The summed E-state index contributed by atoms with van der Waals surface area (Å²) in [5.41, 5.74) is 9.91. The highest BCUT2D eigenvalue weighted by Gasteiger charge is 2.03. The van der Waals surface area contributed by atoms with Crippen molar-refractivity contribution in [2.75, 3.05) is 5.73 Å². The lowest BCUT2D eigenvalue weighted by Gasteiger charge is -2.03. The molecule has 0 radical (unpaired) electrons. The van der Waals surface area contributed by atoms with Crippen molar-refractivity contribution in [1.82, 2.24) is 0 Å². The van der Waals surface area contributed by atoms with Crippen molar-refractivity contribution in [3.8, 4) is 0 Å². The molecule has 2 aromatic rings. The number of hydrogen-bond donors (Lipinski definition) is 1. The third-order valence-electron chi connectivity index (χ3n) is 2.72. The van der Waals surface area contributed by atoms with Crippen molar-refractivity contribution < 1.29 is 0 Å². The molecule has 0 fully saturated rings. The van der Waals surface area contributed by atoms with Crippen LogP contribution >= 0.6 is 11.6 Å². The van der Waals surface area contributed by atoms with Gasteiger partial charge in [-0.2, -0.15) is 5.11 Å². The fraction of sp³-hybridized carbons (Fsp3) is 0.143. The van der Waals surface area contributed by atoms with Crippen LogP contribution in [0.5, 0.6) is 0 Å². The summed E-state index contributed by atoms with van der Waals surface area (Å²) in [6.45, 7) is 3.91. The summed E-state index contributed by atoms with van der Waals surface area (Å²) in [5.74, 6) is 0. The second-order valence-electron chi connectivity index (χ2n) is 4.15. The maximum atomic E-state index is 6.07. The van der Waals surface area contributed by atoms with Gasteiger partial charge >= 0.3 is 0 Å². The van der Waals surface area contributed by atoms with Gasteiger partial charge in [-0.05, 0) is 43.2 Å². The van der Waals surface area contributed by atoms with Gasteiger partial charge in [-0.1, -0.05) is 29.8 Å². The van der Waals surface area contributed by atoms with Crippen LogP contribution in [0.2, 0.25) is 5.02 Å². The standard InChI is InChI=1S/C14H14ClN3/c1-9-5-3-4-6-13(9)17-18-14-7-10(2)12(16)8-11(14)15/h3-8H,16H2,1-2H3. The smallest absolute Gasteiger partial charge is 0.105 e. The average molecular weight is 260 g/mol. The number of nitrogen functional groups attached to an aromatic ring is 1. The molecule has 0 aliphatic carbocycles. The number of rotatable bonds is 2. The van der Waals surface area contributed by atoms with Crippen molar-refractivity contribution in [2.24, 2.45) is 10.2 Å². The molecule has 4 heteroatoms. The molecule has 0 saturated carbocycles. The highest BCUT2D eigenvalue weighted by atomic mass is 35.5. The molecule has 0 heterocycles. The predicted octanol–water partition coefficient (Wildman–Crippen LogP) is 4.95. The number of nitrogens with two attached hydrogens (primary N) is 1. The van der Waals surface area contributed by atoms with Gasteiger partial charge in [-0.15, -0.1) is 5.11 Å². The Morgan fingerprint density at radius 1 is 0.944 bits per heavy atom. The van der Waals surface area contributed by atoms with E-state index in [1.165, 1.54) is 0 Å². The molecule has 0 spiro atoms. The first-order valence-electron chi connectivity index (χ1n) is 5.61. The molecule has 18 heavy (non-hydrogen) atoms. The fourth-order valence-electron chi connectivity index (χ4n) is 1.54. The van der Waals surface area contributed by atoms with Crippen LogP contribution in [0.15, 0.2) is 46.6 Å². The Morgan fingerprint density at radius 2 is 1.61 bits per heavy atom. The molecular weight excluding hydrogens is 246 g/mol.